The van der Waals surface area contributed by atoms with E-state index in [1.165, 1.54) is 5.56 Å². The highest BCUT2D eigenvalue weighted by Crippen LogP contribution is 2.15. The predicted molar refractivity (Wildman–Crippen MR) is 97.0 cm³/mol. The fourth-order valence-corrected chi connectivity index (χ4v) is 3.03. The van der Waals surface area contributed by atoms with Crippen LogP contribution in [0.5, 0.6) is 0 Å². The molecule has 1 aliphatic heterocycles. The Morgan fingerprint density at radius 3 is 2.79 bits per heavy atom. The lowest BCUT2D eigenvalue weighted by Gasteiger charge is -2.37. The van der Waals surface area contributed by atoms with Gasteiger partial charge < -0.3 is 15.0 Å². The summed E-state index contributed by atoms with van der Waals surface area (Å²) in [6.07, 6.45) is 0.925. The number of amides is 1. The van der Waals surface area contributed by atoms with Gasteiger partial charge >= 0.3 is 0 Å². The number of piperazine rings is 1. The van der Waals surface area contributed by atoms with Crippen molar-refractivity contribution in [2.75, 3.05) is 46.4 Å². The molecule has 5 heteroatoms. The van der Waals surface area contributed by atoms with Crippen LogP contribution in [-0.4, -0.2) is 68.1 Å². The molecule has 0 bridgehead atoms. The van der Waals surface area contributed by atoms with E-state index in [4.69, 9.17) is 4.74 Å². The third kappa shape index (κ3) is 6.23. The lowest BCUT2D eigenvalue weighted by molar-refractivity contribution is -0.123. The lowest BCUT2D eigenvalue weighted by Crippen LogP contribution is -2.53. The molecule has 1 saturated heterocycles. The minimum Gasteiger partial charge on any atom is -0.374 e. The van der Waals surface area contributed by atoms with E-state index in [0.717, 1.165) is 26.1 Å². The molecule has 0 saturated carbocycles. The predicted octanol–water partition coefficient (Wildman–Crippen LogP) is 1.91. The summed E-state index contributed by atoms with van der Waals surface area (Å²) in [7, 11) is 2.13. The zero-order valence-corrected chi connectivity index (χ0v) is 15.2. The fourth-order valence-electron chi connectivity index (χ4n) is 3.03. The Balaban J connectivity index is 1.56. The van der Waals surface area contributed by atoms with E-state index in [0.29, 0.717) is 25.7 Å². The molecular weight excluding hydrogens is 302 g/mol. The molecule has 1 heterocycles. The minimum atomic E-state index is 0.0908. The van der Waals surface area contributed by atoms with Crippen molar-refractivity contribution < 1.29 is 9.53 Å². The smallest absolute Gasteiger partial charge is 0.234 e. The van der Waals surface area contributed by atoms with Crippen molar-refractivity contribution in [3.8, 4) is 0 Å². The summed E-state index contributed by atoms with van der Waals surface area (Å²) < 4.78 is 5.82. The van der Waals surface area contributed by atoms with Gasteiger partial charge in [-0.2, -0.15) is 0 Å². The average Bonchev–Trinajstić information content (AvgIpc) is 2.57. The second-order valence-corrected chi connectivity index (χ2v) is 6.71. The van der Waals surface area contributed by atoms with Gasteiger partial charge in [0.2, 0.25) is 5.91 Å². The van der Waals surface area contributed by atoms with Crippen LogP contribution in [0.25, 0.3) is 0 Å². The highest BCUT2D eigenvalue weighted by Gasteiger charge is 2.22. The number of carbonyl (C=O) groups is 1. The number of nitrogens with one attached hydrogen (secondary N) is 1. The molecule has 134 valence electrons. The van der Waals surface area contributed by atoms with E-state index in [1.807, 2.05) is 18.2 Å². The Bertz CT molecular complexity index is 495. The van der Waals surface area contributed by atoms with E-state index in [2.05, 4.69) is 48.1 Å². The zero-order chi connectivity index (χ0) is 17.4. The van der Waals surface area contributed by atoms with Crippen LogP contribution in [0.4, 0.5) is 0 Å². The van der Waals surface area contributed by atoms with Crippen molar-refractivity contribution >= 4 is 5.91 Å². The van der Waals surface area contributed by atoms with Gasteiger partial charge in [-0.05, 0) is 32.9 Å². The second-order valence-electron chi connectivity index (χ2n) is 6.71. The number of hydrogen-bond donors (Lipinski definition) is 1. The Morgan fingerprint density at radius 1 is 1.33 bits per heavy atom. The molecule has 0 aliphatic carbocycles. The number of nitrogens with zero attached hydrogens (tertiary/aromatic N) is 2. The molecule has 1 fully saturated rings. The first-order valence-corrected chi connectivity index (χ1v) is 8.92. The number of benzene rings is 1. The van der Waals surface area contributed by atoms with Gasteiger partial charge in [0.25, 0.3) is 0 Å². The van der Waals surface area contributed by atoms with Crippen molar-refractivity contribution in [2.24, 2.45) is 0 Å². The van der Waals surface area contributed by atoms with E-state index in [9.17, 15) is 4.79 Å². The summed E-state index contributed by atoms with van der Waals surface area (Å²) in [6.45, 7) is 9.08. The van der Waals surface area contributed by atoms with E-state index in [-0.39, 0.29) is 12.0 Å². The van der Waals surface area contributed by atoms with Gasteiger partial charge in [0.1, 0.15) is 0 Å². The van der Waals surface area contributed by atoms with Crippen molar-refractivity contribution in [1.82, 2.24) is 15.1 Å². The molecule has 5 nitrogen and oxygen atoms in total. The second kappa shape index (κ2) is 9.77. The third-order valence-corrected chi connectivity index (χ3v) is 4.59. The van der Waals surface area contributed by atoms with Gasteiger partial charge in [-0.15, -0.1) is 0 Å². The quantitative estimate of drug-likeness (QED) is 0.738. The molecule has 1 aromatic rings. The van der Waals surface area contributed by atoms with Crippen LogP contribution < -0.4 is 5.32 Å². The number of likely N-dealkylation sites (N-methyl/N-ethyl adjacent to an activating group) is 1. The normalized spacial score (nSPS) is 20.7. The molecule has 1 amide bonds. The van der Waals surface area contributed by atoms with Crippen molar-refractivity contribution in [3.63, 3.8) is 0 Å². The Labute approximate surface area is 146 Å². The SMILES string of the molecule is C[C@H](OCCCNC(=O)CN1CCN(C)C[C@H]1C)c1ccccc1. The molecular formula is C19H31N3O2. The Kier molecular flexibility index (Phi) is 7.69. The first kappa shape index (κ1) is 18.9. The Morgan fingerprint density at radius 2 is 2.08 bits per heavy atom. The molecule has 1 aliphatic rings. The Hall–Kier alpha value is -1.43. The molecule has 0 spiro atoms. The first-order valence-electron chi connectivity index (χ1n) is 8.92. The van der Waals surface area contributed by atoms with E-state index >= 15 is 0 Å². The molecule has 24 heavy (non-hydrogen) atoms. The molecule has 0 unspecified atom stereocenters. The van der Waals surface area contributed by atoms with Gasteiger partial charge in [0.05, 0.1) is 12.6 Å². The highest BCUT2D eigenvalue weighted by molar-refractivity contribution is 5.78. The third-order valence-electron chi connectivity index (χ3n) is 4.59. The molecule has 2 rings (SSSR count). The van der Waals surface area contributed by atoms with Crippen molar-refractivity contribution in [3.05, 3.63) is 35.9 Å². The number of carbonyl (C=O) groups excluding carboxylic acids is 1. The molecule has 1 N–H and O–H groups in total. The first-order chi connectivity index (χ1) is 11.6. The van der Waals surface area contributed by atoms with Gasteiger partial charge in [-0.1, -0.05) is 30.3 Å². The average molecular weight is 333 g/mol. The summed E-state index contributed by atoms with van der Waals surface area (Å²) in [5.74, 6) is 0.113. The molecule has 0 radical (unpaired) electrons. The topological polar surface area (TPSA) is 44.8 Å². The lowest BCUT2D eigenvalue weighted by atomic mass is 10.1. The summed E-state index contributed by atoms with van der Waals surface area (Å²) >= 11 is 0. The molecule has 0 aromatic heterocycles. The molecule has 1 aromatic carbocycles. The van der Waals surface area contributed by atoms with Crippen LogP contribution in [0.15, 0.2) is 30.3 Å². The highest BCUT2D eigenvalue weighted by atomic mass is 16.5. The number of rotatable bonds is 8. The van der Waals surface area contributed by atoms with Crippen LogP contribution in [0.1, 0.15) is 31.9 Å². The molecule has 2 atom stereocenters. The van der Waals surface area contributed by atoms with Crippen LogP contribution in [0.3, 0.4) is 0 Å². The summed E-state index contributed by atoms with van der Waals surface area (Å²) in [5.41, 5.74) is 1.19. The van der Waals surface area contributed by atoms with E-state index in [1.54, 1.807) is 0 Å². The maximum absolute atomic E-state index is 12.0. The number of hydrogen-bond acceptors (Lipinski definition) is 4. The minimum absolute atomic E-state index is 0.0908. The van der Waals surface area contributed by atoms with Crippen LogP contribution in [-0.2, 0) is 9.53 Å². The van der Waals surface area contributed by atoms with Gasteiger partial charge in [-0.3, -0.25) is 9.69 Å². The summed E-state index contributed by atoms with van der Waals surface area (Å²) in [6, 6.07) is 10.6. The largest absolute Gasteiger partial charge is 0.374 e. The standard InChI is InChI=1S/C19H31N3O2/c1-16-14-21(3)11-12-22(16)15-19(23)20-10-7-13-24-17(2)18-8-5-4-6-9-18/h4-6,8-9,16-17H,7,10-15H2,1-3H3,(H,20,23)/t16-,17+/m1/s1. The summed E-state index contributed by atoms with van der Waals surface area (Å²) in [5, 5.41) is 3.00. The van der Waals surface area contributed by atoms with Crippen molar-refractivity contribution in [1.29, 1.82) is 0 Å². The monoisotopic (exact) mass is 333 g/mol. The van der Waals surface area contributed by atoms with Gasteiger partial charge in [0.15, 0.2) is 0 Å². The zero-order valence-electron chi connectivity index (χ0n) is 15.2. The summed E-state index contributed by atoms with van der Waals surface area (Å²) in [4.78, 5) is 16.6. The van der Waals surface area contributed by atoms with Crippen LogP contribution >= 0.6 is 0 Å². The maximum atomic E-state index is 12.0. The van der Waals surface area contributed by atoms with Crippen LogP contribution in [0, 0.1) is 0 Å². The van der Waals surface area contributed by atoms with Crippen molar-refractivity contribution in [2.45, 2.75) is 32.4 Å². The van der Waals surface area contributed by atoms with E-state index < -0.39 is 0 Å². The number of ether oxygens (including phenoxy) is 1. The van der Waals surface area contributed by atoms with Gasteiger partial charge in [0, 0.05) is 38.8 Å². The van der Waals surface area contributed by atoms with Gasteiger partial charge in [-0.25, -0.2) is 0 Å². The van der Waals surface area contributed by atoms with Crippen LogP contribution in [0.2, 0.25) is 0 Å². The maximum Gasteiger partial charge on any atom is 0.234 e. The fraction of sp³-hybridized carbons (Fsp3) is 0.632.